The first kappa shape index (κ1) is 17.1. The Morgan fingerprint density at radius 2 is 1.11 bits per heavy atom. The van der Waals surface area contributed by atoms with Crippen LogP contribution in [0.5, 0.6) is 0 Å². The van der Waals surface area contributed by atoms with Crippen molar-refractivity contribution in [2.75, 3.05) is 0 Å². The van der Waals surface area contributed by atoms with Gasteiger partial charge in [-0.15, -0.1) is 0 Å². The Kier molecular flexibility index (Phi) is 3.57. The van der Waals surface area contributed by atoms with Crippen molar-refractivity contribution in [2.24, 2.45) is 23.7 Å². The molecule has 0 unspecified atom stereocenters. The maximum atomic E-state index is 13.6. The molecule has 2 aromatic carbocycles. The maximum absolute atomic E-state index is 13.6. The molecule has 1 spiro atoms. The summed E-state index contributed by atoms with van der Waals surface area (Å²) in [4.78, 5) is 12.1. The van der Waals surface area contributed by atoms with E-state index in [1.807, 2.05) is 0 Å². The molecule has 4 bridgehead atoms. The van der Waals surface area contributed by atoms with Gasteiger partial charge in [-0.1, -0.05) is 24.3 Å². The van der Waals surface area contributed by atoms with Crippen molar-refractivity contribution in [1.82, 2.24) is 0 Å². The molecule has 3 nitrogen and oxygen atoms in total. The van der Waals surface area contributed by atoms with Crippen LogP contribution in [-0.4, -0.2) is 5.79 Å². The number of halogens is 2. The van der Waals surface area contributed by atoms with Gasteiger partial charge in [-0.3, -0.25) is 0 Å². The molecule has 1 heterocycles. The molecule has 7 rings (SSSR count). The summed E-state index contributed by atoms with van der Waals surface area (Å²) in [5.41, 5.74) is 1.29. The highest BCUT2D eigenvalue weighted by atomic mass is 19.1. The lowest BCUT2D eigenvalue weighted by atomic mass is 9.53. The summed E-state index contributed by atoms with van der Waals surface area (Å²) < 4.78 is 33.9. The summed E-state index contributed by atoms with van der Waals surface area (Å²) >= 11 is 0. The van der Waals surface area contributed by atoms with Crippen LogP contribution in [0.1, 0.15) is 43.2 Å². The predicted molar refractivity (Wildman–Crippen MR) is 96.6 cm³/mol. The van der Waals surface area contributed by atoms with Crippen molar-refractivity contribution in [3.05, 3.63) is 71.3 Å². The van der Waals surface area contributed by atoms with Crippen LogP contribution in [-0.2, 0) is 20.3 Å². The average molecular weight is 384 g/mol. The zero-order valence-corrected chi connectivity index (χ0v) is 15.4. The highest BCUT2D eigenvalue weighted by Crippen LogP contribution is 2.64. The quantitative estimate of drug-likeness (QED) is 0.658. The van der Waals surface area contributed by atoms with E-state index in [4.69, 9.17) is 14.5 Å². The van der Waals surface area contributed by atoms with Gasteiger partial charge in [0.05, 0.1) is 0 Å². The number of ether oxygens (including phenoxy) is 1. The van der Waals surface area contributed by atoms with E-state index in [1.165, 1.54) is 30.7 Å². The summed E-state index contributed by atoms with van der Waals surface area (Å²) in [7, 11) is 0. The molecular weight excluding hydrogens is 362 g/mol. The smallest absolute Gasteiger partial charge is 0.256 e. The van der Waals surface area contributed by atoms with Crippen molar-refractivity contribution in [3.8, 4) is 0 Å². The zero-order chi connectivity index (χ0) is 18.9. The van der Waals surface area contributed by atoms with Crippen molar-refractivity contribution < 1.29 is 23.3 Å². The van der Waals surface area contributed by atoms with Crippen molar-refractivity contribution in [3.63, 3.8) is 0 Å². The van der Waals surface area contributed by atoms with Gasteiger partial charge in [-0.05, 0) is 68.2 Å². The molecule has 0 amide bonds. The van der Waals surface area contributed by atoms with E-state index in [9.17, 15) is 8.78 Å². The van der Waals surface area contributed by atoms with E-state index in [2.05, 4.69) is 0 Å². The minimum atomic E-state index is -1.32. The first-order chi connectivity index (χ1) is 13.6. The lowest BCUT2D eigenvalue weighted by molar-refractivity contribution is -0.387. The molecule has 1 saturated heterocycles. The Bertz CT molecular complexity index is 820. The summed E-state index contributed by atoms with van der Waals surface area (Å²) in [6.07, 6.45) is 5.71. The first-order valence-corrected chi connectivity index (χ1v) is 10.2. The van der Waals surface area contributed by atoms with E-state index >= 15 is 0 Å². The molecular formula is C23H22F2O3. The van der Waals surface area contributed by atoms with Crippen LogP contribution in [0.15, 0.2) is 48.5 Å². The van der Waals surface area contributed by atoms with Gasteiger partial charge in [0.25, 0.3) is 5.79 Å². The van der Waals surface area contributed by atoms with Gasteiger partial charge in [0.1, 0.15) is 11.6 Å². The lowest BCUT2D eigenvalue weighted by Gasteiger charge is -2.57. The fraction of sp³-hybridized carbons (Fsp3) is 0.478. The number of benzene rings is 2. The number of rotatable bonds is 2. The molecule has 4 saturated carbocycles. The number of hydrogen-bond acceptors (Lipinski definition) is 3. The second-order valence-electron chi connectivity index (χ2n) is 8.92. The summed E-state index contributed by atoms with van der Waals surface area (Å²) in [6.45, 7) is 0. The van der Waals surface area contributed by atoms with Gasteiger partial charge in [0.15, 0.2) is 0 Å². The molecule has 0 aromatic heterocycles. The third-order valence-electron chi connectivity index (χ3n) is 7.32. The van der Waals surface area contributed by atoms with Crippen LogP contribution in [0, 0.1) is 35.3 Å². The molecule has 5 aliphatic rings. The highest BCUT2D eigenvalue weighted by Gasteiger charge is 2.67. The van der Waals surface area contributed by atoms with Crippen LogP contribution >= 0.6 is 0 Å². The normalized spacial score (nSPS) is 37.6. The molecule has 2 aromatic rings. The lowest BCUT2D eigenvalue weighted by Crippen LogP contribution is -2.59. The van der Waals surface area contributed by atoms with Crippen LogP contribution in [0.25, 0.3) is 0 Å². The van der Waals surface area contributed by atoms with E-state index < -0.39 is 11.6 Å². The minimum absolute atomic E-state index is 0.298. The molecule has 146 valence electrons. The Hall–Kier alpha value is -1.82. The molecule has 28 heavy (non-hydrogen) atoms. The standard InChI is InChI=1S/C23H22F2O3/c24-20-5-1-16(2-6-20)22(17-3-7-21(25)8-4-17)26-23(28-27-22)18-10-14-9-15(12-18)13-19(23)11-14/h1-8,14-15,18-19H,9-13H2. The molecule has 0 radical (unpaired) electrons. The van der Waals surface area contributed by atoms with Crippen LogP contribution in [0.3, 0.4) is 0 Å². The molecule has 1 aliphatic heterocycles. The second kappa shape index (κ2) is 5.85. The summed E-state index contributed by atoms with van der Waals surface area (Å²) in [5.74, 6) is -0.660. The van der Waals surface area contributed by atoms with Gasteiger partial charge in [-0.2, -0.15) is 9.78 Å². The van der Waals surface area contributed by atoms with Gasteiger partial charge < -0.3 is 4.74 Å². The molecule has 0 N–H and O–H groups in total. The van der Waals surface area contributed by atoms with E-state index in [-0.39, 0.29) is 11.6 Å². The Morgan fingerprint density at radius 3 is 1.57 bits per heavy atom. The van der Waals surface area contributed by atoms with Crippen LogP contribution in [0.4, 0.5) is 8.78 Å². The molecule has 5 fully saturated rings. The van der Waals surface area contributed by atoms with Crippen molar-refractivity contribution in [1.29, 1.82) is 0 Å². The molecule has 0 atom stereocenters. The third kappa shape index (κ3) is 2.30. The summed E-state index contributed by atoms with van der Waals surface area (Å²) in [6, 6.07) is 12.1. The third-order valence-corrected chi connectivity index (χ3v) is 7.32. The van der Waals surface area contributed by atoms with Gasteiger partial charge in [-0.25, -0.2) is 8.78 Å². The Labute approximate surface area is 162 Å². The molecule has 5 heteroatoms. The second-order valence-corrected chi connectivity index (χ2v) is 8.92. The zero-order valence-electron chi connectivity index (χ0n) is 15.4. The van der Waals surface area contributed by atoms with Crippen LogP contribution in [0.2, 0.25) is 0 Å². The fourth-order valence-electron chi connectivity index (χ4n) is 6.25. The largest absolute Gasteiger partial charge is 0.304 e. The SMILES string of the molecule is Fc1ccc(C2(c3ccc(F)cc3)OOC3(O2)C2CC4CC(C2)CC3C4)cc1. The fourth-order valence-corrected chi connectivity index (χ4v) is 6.25. The van der Waals surface area contributed by atoms with E-state index in [0.29, 0.717) is 23.0 Å². The van der Waals surface area contributed by atoms with E-state index in [0.717, 1.165) is 37.5 Å². The van der Waals surface area contributed by atoms with Crippen molar-refractivity contribution in [2.45, 2.75) is 43.7 Å². The summed E-state index contributed by atoms with van der Waals surface area (Å²) in [5, 5.41) is 0. The van der Waals surface area contributed by atoms with Gasteiger partial charge in [0.2, 0.25) is 5.79 Å². The molecule has 4 aliphatic carbocycles. The first-order valence-electron chi connectivity index (χ1n) is 10.2. The Balaban J connectivity index is 1.46. The monoisotopic (exact) mass is 384 g/mol. The average Bonchev–Trinajstić information content (AvgIpc) is 3.10. The van der Waals surface area contributed by atoms with Crippen molar-refractivity contribution >= 4 is 0 Å². The highest BCUT2D eigenvalue weighted by molar-refractivity contribution is 5.35. The van der Waals surface area contributed by atoms with Gasteiger partial charge >= 0.3 is 0 Å². The number of hydrogen-bond donors (Lipinski definition) is 0. The van der Waals surface area contributed by atoms with E-state index in [1.54, 1.807) is 24.3 Å². The predicted octanol–water partition coefficient (Wildman–Crippen LogP) is 5.30. The maximum Gasteiger partial charge on any atom is 0.256 e. The topological polar surface area (TPSA) is 27.7 Å². The van der Waals surface area contributed by atoms with Crippen LogP contribution < -0.4 is 0 Å². The minimum Gasteiger partial charge on any atom is -0.304 e. The Morgan fingerprint density at radius 1 is 0.643 bits per heavy atom. The van der Waals surface area contributed by atoms with Gasteiger partial charge in [0, 0.05) is 23.0 Å².